The van der Waals surface area contributed by atoms with E-state index < -0.39 is 0 Å². The number of hydrogen-bond acceptors (Lipinski definition) is 6. The fourth-order valence-corrected chi connectivity index (χ4v) is 6.58. The van der Waals surface area contributed by atoms with E-state index in [-0.39, 0.29) is 11.6 Å². The van der Waals surface area contributed by atoms with Gasteiger partial charge in [0.1, 0.15) is 5.76 Å². The summed E-state index contributed by atoms with van der Waals surface area (Å²) in [6.45, 7) is 2.97. The van der Waals surface area contributed by atoms with Gasteiger partial charge in [0.2, 0.25) is 0 Å². The molecule has 1 atom stereocenters. The minimum Gasteiger partial charge on any atom is -0.441 e. The van der Waals surface area contributed by atoms with Crippen molar-refractivity contribution >= 4 is 40.6 Å². The van der Waals surface area contributed by atoms with Crippen LogP contribution in [-0.4, -0.2) is 30.9 Å². The van der Waals surface area contributed by atoms with E-state index in [9.17, 15) is 4.79 Å². The van der Waals surface area contributed by atoms with Crippen LogP contribution in [0.3, 0.4) is 0 Å². The first-order valence-electron chi connectivity index (χ1n) is 12.5. The van der Waals surface area contributed by atoms with Crippen LogP contribution < -0.4 is 19.8 Å². The Labute approximate surface area is 222 Å². The van der Waals surface area contributed by atoms with Gasteiger partial charge in [0.15, 0.2) is 10.7 Å². The van der Waals surface area contributed by atoms with Crippen molar-refractivity contribution in [3.05, 3.63) is 113 Å². The number of thiazole rings is 1. The molecule has 2 aromatic carbocycles. The van der Waals surface area contributed by atoms with Gasteiger partial charge in [0.25, 0.3) is 5.56 Å². The van der Waals surface area contributed by atoms with E-state index >= 15 is 0 Å². The molecule has 2 aliphatic heterocycles. The third-order valence-corrected chi connectivity index (χ3v) is 8.50. The standard InChI is InChI=1S/C29H24ClN3O3S/c30-20-8-5-19(6-9-20)27-23-11-7-18-3-1-2-4-22(18)26(23)31-29-33(27)28(34)24(37-29)17-21-10-12-25(36-21)32-13-15-35-16-14-32/h1-6,8-10,12,17,27H,7,11,13-16H2/b24-17-/t27-/m1/s1. The molecular formula is C29H24ClN3O3S. The smallest absolute Gasteiger partial charge is 0.271 e. The Morgan fingerprint density at radius 3 is 2.65 bits per heavy atom. The van der Waals surface area contributed by atoms with E-state index in [1.54, 1.807) is 0 Å². The molecule has 1 saturated heterocycles. The first-order chi connectivity index (χ1) is 18.2. The molecule has 0 amide bonds. The lowest BCUT2D eigenvalue weighted by atomic mass is 9.83. The number of hydrogen-bond donors (Lipinski definition) is 0. The second kappa shape index (κ2) is 9.17. The van der Waals surface area contributed by atoms with Crippen molar-refractivity contribution in [1.82, 2.24) is 4.57 Å². The van der Waals surface area contributed by atoms with Crippen molar-refractivity contribution in [2.24, 2.45) is 4.99 Å². The Morgan fingerprint density at radius 1 is 1.00 bits per heavy atom. The Hall–Kier alpha value is -3.39. The lowest BCUT2D eigenvalue weighted by Crippen LogP contribution is -2.38. The summed E-state index contributed by atoms with van der Waals surface area (Å²) in [7, 11) is 0. The highest BCUT2D eigenvalue weighted by atomic mass is 35.5. The highest BCUT2D eigenvalue weighted by Crippen LogP contribution is 2.41. The predicted octanol–water partition coefficient (Wildman–Crippen LogP) is 4.40. The van der Waals surface area contributed by atoms with Gasteiger partial charge in [-0.15, -0.1) is 0 Å². The largest absolute Gasteiger partial charge is 0.441 e. The molecule has 7 rings (SSSR count). The van der Waals surface area contributed by atoms with Crippen LogP contribution >= 0.6 is 22.9 Å². The maximum Gasteiger partial charge on any atom is 0.271 e. The number of fused-ring (bicyclic) bond motifs is 3. The molecule has 0 spiro atoms. The van der Waals surface area contributed by atoms with Crippen molar-refractivity contribution in [3.8, 4) is 0 Å². The molecular weight excluding hydrogens is 506 g/mol. The van der Waals surface area contributed by atoms with E-state index in [2.05, 4.69) is 29.2 Å². The lowest BCUT2D eigenvalue weighted by molar-refractivity contribution is 0.120. The Morgan fingerprint density at radius 2 is 1.81 bits per heavy atom. The molecule has 0 unspecified atom stereocenters. The molecule has 37 heavy (non-hydrogen) atoms. The maximum atomic E-state index is 13.9. The number of furan rings is 1. The van der Waals surface area contributed by atoms with E-state index in [4.69, 9.17) is 25.7 Å². The fourth-order valence-electron chi connectivity index (χ4n) is 5.47. The summed E-state index contributed by atoms with van der Waals surface area (Å²) in [6.07, 6.45) is 3.62. The molecule has 0 saturated carbocycles. The Balaban J connectivity index is 1.38. The van der Waals surface area contributed by atoms with E-state index in [0.29, 0.717) is 33.3 Å². The van der Waals surface area contributed by atoms with Crippen LogP contribution in [0.15, 0.2) is 80.4 Å². The molecule has 1 fully saturated rings. The number of ether oxygens (including phenoxy) is 1. The monoisotopic (exact) mass is 529 g/mol. The van der Waals surface area contributed by atoms with Gasteiger partial charge in [-0.2, -0.15) is 0 Å². The summed E-state index contributed by atoms with van der Waals surface area (Å²) < 4.78 is 14.0. The quantitative estimate of drug-likeness (QED) is 0.395. The first kappa shape index (κ1) is 22.8. The summed E-state index contributed by atoms with van der Waals surface area (Å²) in [5.74, 6) is 1.46. The topological polar surface area (TPSA) is 60.0 Å². The van der Waals surface area contributed by atoms with Crippen molar-refractivity contribution < 1.29 is 9.15 Å². The zero-order chi connectivity index (χ0) is 24.9. The molecule has 4 heterocycles. The van der Waals surface area contributed by atoms with Crippen LogP contribution in [-0.2, 0) is 11.2 Å². The number of benzene rings is 2. The minimum atomic E-state index is -0.223. The average Bonchev–Trinajstić information content (AvgIpc) is 3.53. The molecule has 8 heteroatoms. The second-order valence-electron chi connectivity index (χ2n) is 9.44. The van der Waals surface area contributed by atoms with E-state index in [1.807, 2.05) is 47.0 Å². The molecule has 6 nitrogen and oxygen atoms in total. The number of morpholine rings is 1. The number of aryl methyl sites for hydroxylation is 1. The van der Waals surface area contributed by atoms with Gasteiger partial charge < -0.3 is 14.1 Å². The predicted molar refractivity (Wildman–Crippen MR) is 146 cm³/mol. The second-order valence-corrected chi connectivity index (χ2v) is 10.9. The number of allylic oxidation sites excluding steroid dienone is 1. The minimum absolute atomic E-state index is 0.0570. The first-order valence-corrected chi connectivity index (χ1v) is 13.7. The van der Waals surface area contributed by atoms with Crippen LogP contribution in [0, 0.1) is 0 Å². The van der Waals surface area contributed by atoms with E-state index in [1.165, 1.54) is 22.5 Å². The number of halogens is 1. The van der Waals surface area contributed by atoms with Crippen LogP contribution in [0.2, 0.25) is 5.02 Å². The molecule has 4 aromatic rings. The van der Waals surface area contributed by atoms with E-state index in [0.717, 1.165) is 48.6 Å². The molecule has 1 aliphatic carbocycles. The van der Waals surface area contributed by atoms with Gasteiger partial charge in [-0.05, 0) is 47.7 Å². The highest BCUT2D eigenvalue weighted by Gasteiger charge is 2.32. The highest BCUT2D eigenvalue weighted by molar-refractivity contribution is 7.07. The molecule has 0 bridgehead atoms. The molecule has 3 aliphatic rings. The average molecular weight is 530 g/mol. The molecule has 0 radical (unpaired) electrons. The number of aromatic nitrogens is 1. The zero-order valence-electron chi connectivity index (χ0n) is 20.0. The van der Waals surface area contributed by atoms with Crippen molar-refractivity contribution in [2.45, 2.75) is 18.9 Å². The Kier molecular flexibility index (Phi) is 5.65. The van der Waals surface area contributed by atoms with Gasteiger partial charge in [-0.1, -0.05) is 59.3 Å². The summed E-state index contributed by atoms with van der Waals surface area (Å²) in [6, 6.07) is 19.9. The summed E-state index contributed by atoms with van der Waals surface area (Å²) in [5.41, 5.74) is 5.59. The summed E-state index contributed by atoms with van der Waals surface area (Å²) >= 11 is 7.62. The van der Waals surface area contributed by atoms with Crippen molar-refractivity contribution in [2.75, 3.05) is 31.2 Å². The van der Waals surface area contributed by atoms with Crippen molar-refractivity contribution in [1.29, 1.82) is 0 Å². The SMILES string of the molecule is O=c1/c(=C/c2ccc(N3CCOCC3)o2)sc2n1[C@H](c1ccc(Cl)cc1)C1=C(N=2)c2ccccc2CC1. The summed E-state index contributed by atoms with van der Waals surface area (Å²) in [4.78, 5) is 21.8. The van der Waals surface area contributed by atoms with Gasteiger partial charge in [0.05, 0.1) is 29.5 Å². The molecule has 186 valence electrons. The van der Waals surface area contributed by atoms with Crippen LogP contribution in [0.1, 0.15) is 34.9 Å². The third-order valence-electron chi connectivity index (χ3n) is 7.27. The van der Waals surface area contributed by atoms with Gasteiger partial charge in [-0.25, -0.2) is 4.99 Å². The maximum absolute atomic E-state index is 13.9. The normalized spacial score (nSPS) is 19.3. The number of nitrogens with zero attached hydrogens (tertiary/aromatic N) is 3. The zero-order valence-corrected chi connectivity index (χ0v) is 21.6. The third kappa shape index (κ3) is 3.98. The van der Waals surface area contributed by atoms with Gasteiger partial charge in [0, 0.05) is 35.8 Å². The fraction of sp³-hybridized carbons (Fsp3) is 0.241. The van der Waals surface area contributed by atoms with Crippen molar-refractivity contribution in [3.63, 3.8) is 0 Å². The Bertz CT molecular complexity index is 1710. The van der Waals surface area contributed by atoms with Crippen LogP contribution in [0.4, 0.5) is 5.88 Å². The summed E-state index contributed by atoms with van der Waals surface area (Å²) in [5, 5.41) is 0.674. The molecule has 2 aromatic heterocycles. The number of anilines is 1. The lowest BCUT2D eigenvalue weighted by Gasteiger charge is -2.30. The van der Waals surface area contributed by atoms with Crippen LogP contribution in [0.5, 0.6) is 0 Å². The number of rotatable bonds is 3. The molecule has 0 N–H and O–H groups in total. The van der Waals surface area contributed by atoms with Gasteiger partial charge >= 0.3 is 0 Å². The van der Waals surface area contributed by atoms with Crippen LogP contribution in [0.25, 0.3) is 11.8 Å². The van der Waals surface area contributed by atoms with Gasteiger partial charge in [-0.3, -0.25) is 9.36 Å².